The predicted molar refractivity (Wildman–Crippen MR) is 163 cm³/mol. The van der Waals surface area contributed by atoms with Crippen LogP contribution < -0.4 is 10.3 Å². The molecule has 0 aliphatic carbocycles. The molecule has 1 atom stereocenters. The summed E-state index contributed by atoms with van der Waals surface area (Å²) in [6.45, 7) is 8.33. The highest BCUT2D eigenvalue weighted by atomic mass is 16.3. The van der Waals surface area contributed by atoms with Crippen molar-refractivity contribution in [3.63, 3.8) is 0 Å². The molecule has 7 rings (SSSR count). The van der Waals surface area contributed by atoms with Crippen molar-refractivity contribution in [2.75, 3.05) is 4.90 Å². The molecule has 2 aliphatic rings. The van der Waals surface area contributed by atoms with Gasteiger partial charge >= 0.3 is 0 Å². The third-order valence-electron chi connectivity index (χ3n) is 8.77. The number of aryl methyl sites for hydroxylation is 4. The van der Waals surface area contributed by atoms with Gasteiger partial charge in [0.05, 0.1) is 23.2 Å². The van der Waals surface area contributed by atoms with Gasteiger partial charge in [0, 0.05) is 12.1 Å². The fourth-order valence-corrected chi connectivity index (χ4v) is 6.38. The number of carbonyl (C=O) groups excluding carboxylic acids is 2. The van der Waals surface area contributed by atoms with Gasteiger partial charge in [0.1, 0.15) is 5.58 Å². The maximum atomic E-state index is 15.0. The molecule has 0 saturated heterocycles. The molecule has 5 aromatic rings. The van der Waals surface area contributed by atoms with E-state index in [0.29, 0.717) is 28.8 Å². The minimum atomic E-state index is -1.66. The van der Waals surface area contributed by atoms with E-state index >= 15 is 0 Å². The van der Waals surface area contributed by atoms with Crippen molar-refractivity contribution in [2.24, 2.45) is 0 Å². The molecule has 208 valence electrons. The summed E-state index contributed by atoms with van der Waals surface area (Å²) in [5.74, 6) is -0.870. The van der Waals surface area contributed by atoms with Crippen molar-refractivity contribution in [3.05, 3.63) is 145 Å². The molecule has 42 heavy (non-hydrogen) atoms. The Kier molecular flexibility index (Phi) is 5.74. The van der Waals surface area contributed by atoms with Crippen LogP contribution in [0.5, 0.6) is 0 Å². The Morgan fingerprint density at radius 2 is 1.31 bits per heavy atom. The molecular weight excluding hydrogens is 524 g/mol. The summed E-state index contributed by atoms with van der Waals surface area (Å²) in [7, 11) is 0. The van der Waals surface area contributed by atoms with Gasteiger partial charge in [0.15, 0.2) is 11.0 Å². The van der Waals surface area contributed by atoms with Crippen molar-refractivity contribution >= 4 is 28.5 Å². The van der Waals surface area contributed by atoms with Crippen LogP contribution in [0.15, 0.2) is 94.1 Å². The van der Waals surface area contributed by atoms with E-state index in [0.717, 1.165) is 33.4 Å². The van der Waals surface area contributed by atoms with Gasteiger partial charge in [-0.05, 0) is 68.1 Å². The third kappa shape index (κ3) is 3.61. The Labute approximate surface area is 243 Å². The number of anilines is 1. The van der Waals surface area contributed by atoms with Crippen molar-refractivity contribution in [1.29, 1.82) is 0 Å². The first-order chi connectivity index (χ1) is 20.2. The van der Waals surface area contributed by atoms with Crippen LogP contribution in [0.3, 0.4) is 0 Å². The van der Waals surface area contributed by atoms with Crippen molar-refractivity contribution < 1.29 is 14.0 Å². The molecule has 0 saturated carbocycles. The average molecular weight is 555 g/mol. The molecule has 1 spiro atoms. The Hall–Kier alpha value is -4.97. The Balaban J connectivity index is 1.51. The Bertz CT molecular complexity index is 1990. The number of fused-ring (bicyclic) bond motifs is 5. The van der Waals surface area contributed by atoms with Crippen LogP contribution in [0.4, 0.5) is 5.69 Å². The van der Waals surface area contributed by atoms with E-state index in [1.54, 1.807) is 21.9 Å². The second-order valence-corrected chi connectivity index (χ2v) is 11.5. The molecule has 1 unspecified atom stereocenters. The van der Waals surface area contributed by atoms with Crippen LogP contribution in [0.2, 0.25) is 0 Å². The molecule has 6 heteroatoms. The number of hydrogen-bond acceptors (Lipinski definition) is 4. The first-order valence-electron chi connectivity index (χ1n) is 14.1. The normalized spacial score (nSPS) is 17.4. The molecule has 2 amide bonds. The summed E-state index contributed by atoms with van der Waals surface area (Å²) in [5.41, 5.74) is 5.62. The largest absolute Gasteiger partial charge is 0.450 e. The lowest BCUT2D eigenvalue weighted by molar-refractivity contribution is -0.126. The SMILES string of the molecule is Cc1ccc(CN2C(=O)C3(c4ccccc42)c2c(oc4cc(C)c(C)cc4c2=O)C(=O)N3Cc2ccc(C)cc2)cc1. The van der Waals surface area contributed by atoms with E-state index in [9.17, 15) is 14.4 Å². The van der Waals surface area contributed by atoms with E-state index in [4.69, 9.17) is 4.42 Å². The van der Waals surface area contributed by atoms with E-state index in [1.807, 2.05) is 100 Å². The maximum Gasteiger partial charge on any atom is 0.291 e. The average Bonchev–Trinajstić information content (AvgIpc) is 3.37. The quantitative estimate of drug-likeness (QED) is 0.255. The molecule has 0 radical (unpaired) electrons. The number of amides is 2. The minimum absolute atomic E-state index is 0.0665. The lowest BCUT2D eigenvalue weighted by Crippen LogP contribution is -2.52. The number of benzene rings is 4. The Morgan fingerprint density at radius 1 is 0.714 bits per heavy atom. The van der Waals surface area contributed by atoms with Gasteiger partial charge in [-0.15, -0.1) is 0 Å². The predicted octanol–water partition coefficient (Wildman–Crippen LogP) is 6.47. The van der Waals surface area contributed by atoms with Crippen LogP contribution in [-0.2, 0) is 23.4 Å². The monoisotopic (exact) mass is 554 g/mol. The molecule has 0 N–H and O–H groups in total. The molecule has 0 fully saturated rings. The Morgan fingerprint density at radius 3 is 1.98 bits per heavy atom. The summed E-state index contributed by atoms with van der Waals surface area (Å²) >= 11 is 0. The number of hydrogen-bond donors (Lipinski definition) is 0. The van der Waals surface area contributed by atoms with Crippen LogP contribution in [0.25, 0.3) is 11.0 Å². The van der Waals surface area contributed by atoms with E-state index in [1.165, 1.54) is 0 Å². The standard InChI is InChI=1S/C36H30N2O4/c1-21-9-13-25(14-10-21)19-37-29-8-6-5-7-28(29)36(35(37)41)31-32(39)27-17-23(3)24(4)18-30(27)42-33(31)34(40)38(36)20-26-15-11-22(2)12-16-26/h5-18H,19-20H2,1-4H3. The van der Waals surface area contributed by atoms with Crippen LogP contribution in [-0.4, -0.2) is 16.7 Å². The topological polar surface area (TPSA) is 70.8 Å². The summed E-state index contributed by atoms with van der Waals surface area (Å²) in [6, 6.07) is 27.0. The fraction of sp³-hybridized carbons (Fsp3) is 0.194. The van der Waals surface area contributed by atoms with Crippen molar-refractivity contribution in [3.8, 4) is 0 Å². The number of rotatable bonds is 4. The number of para-hydroxylation sites is 1. The van der Waals surface area contributed by atoms with Gasteiger partial charge < -0.3 is 14.2 Å². The molecule has 2 aliphatic heterocycles. The highest BCUT2D eigenvalue weighted by molar-refractivity contribution is 6.17. The molecule has 0 bridgehead atoms. The summed E-state index contributed by atoms with van der Waals surface area (Å²) in [4.78, 5) is 47.1. The van der Waals surface area contributed by atoms with Gasteiger partial charge in [-0.25, -0.2) is 0 Å². The lowest BCUT2D eigenvalue weighted by atomic mass is 9.83. The molecule has 4 aromatic carbocycles. The first kappa shape index (κ1) is 26.0. The zero-order valence-electron chi connectivity index (χ0n) is 24.0. The zero-order chi connectivity index (χ0) is 29.3. The van der Waals surface area contributed by atoms with E-state index in [2.05, 4.69) is 0 Å². The molecule has 1 aromatic heterocycles. The van der Waals surface area contributed by atoms with Crippen LogP contribution in [0, 0.1) is 27.7 Å². The molecule has 3 heterocycles. The van der Waals surface area contributed by atoms with Gasteiger partial charge in [0.2, 0.25) is 5.76 Å². The third-order valence-corrected chi connectivity index (χ3v) is 8.77. The van der Waals surface area contributed by atoms with Gasteiger partial charge in [-0.3, -0.25) is 14.4 Å². The minimum Gasteiger partial charge on any atom is -0.450 e. The van der Waals surface area contributed by atoms with Crippen LogP contribution >= 0.6 is 0 Å². The summed E-state index contributed by atoms with van der Waals surface area (Å²) < 4.78 is 6.28. The second-order valence-electron chi connectivity index (χ2n) is 11.5. The van der Waals surface area contributed by atoms with E-state index < -0.39 is 11.4 Å². The summed E-state index contributed by atoms with van der Waals surface area (Å²) in [6.07, 6.45) is 0. The van der Waals surface area contributed by atoms with Crippen LogP contribution in [0.1, 0.15) is 55.1 Å². The highest BCUT2D eigenvalue weighted by Crippen LogP contribution is 2.53. The van der Waals surface area contributed by atoms with Crippen molar-refractivity contribution in [2.45, 2.75) is 46.3 Å². The zero-order valence-corrected chi connectivity index (χ0v) is 24.0. The molecule has 6 nitrogen and oxygen atoms in total. The van der Waals surface area contributed by atoms with Gasteiger partial charge in [-0.1, -0.05) is 77.9 Å². The summed E-state index contributed by atoms with van der Waals surface area (Å²) in [5, 5.41) is 0.364. The lowest BCUT2D eigenvalue weighted by Gasteiger charge is -2.34. The second kappa shape index (κ2) is 9.28. The maximum absolute atomic E-state index is 15.0. The molecular formula is C36H30N2O4. The fourth-order valence-electron chi connectivity index (χ4n) is 6.38. The highest BCUT2D eigenvalue weighted by Gasteiger charge is 2.65. The smallest absolute Gasteiger partial charge is 0.291 e. The van der Waals surface area contributed by atoms with E-state index in [-0.39, 0.29) is 29.2 Å². The van der Waals surface area contributed by atoms with Crippen molar-refractivity contribution in [1.82, 2.24) is 4.90 Å². The number of nitrogens with zero attached hydrogens (tertiary/aromatic N) is 2. The first-order valence-corrected chi connectivity index (χ1v) is 14.1. The van der Waals surface area contributed by atoms with Gasteiger partial charge in [-0.2, -0.15) is 0 Å². The number of carbonyl (C=O) groups is 2. The van der Waals surface area contributed by atoms with Gasteiger partial charge in [0.25, 0.3) is 11.8 Å².